The number of hydrogen-bond donors (Lipinski definition) is 1. The molecule has 0 radical (unpaired) electrons. The van der Waals surface area contributed by atoms with Gasteiger partial charge in [-0.15, -0.1) is 0 Å². The zero-order chi connectivity index (χ0) is 24.8. The summed E-state index contributed by atoms with van der Waals surface area (Å²) >= 11 is 0. The van der Waals surface area contributed by atoms with Gasteiger partial charge in [0.1, 0.15) is 5.56 Å². The van der Waals surface area contributed by atoms with Crippen molar-refractivity contribution in [2.45, 2.75) is 46.1 Å². The minimum atomic E-state index is -0.374. The third-order valence-corrected chi connectivity index (χ3v) is 6.58. The summed E-state index contributed by atoms with van der Waals surface area (Å²) < 4.78 is 2.02. The van der Waals surface area contributed by atoms with E-state index in [1.54, 1.807) is 6.20 Å². The highest BCUT2D eigenvalue weighted by Crippen LogP contribution is 2.19. The molecule has 0 saturated carbocycles. The standard InChI is InChI=1S/C28H32N4O3/c1-20-9-3-4-10-22(20)18-24-27(28(35)30-14-8-16-31-15-7-12-26(31)34)25(33)17-21(2)32(24)19-23-11-5-6-13-29-23/h3-6,9-11,13,17H,7-8,12,14-16,18-19H2,1-2H3,(H,30,35). The first-order chi connectivity index (χ1) is 16.9. The van der Waals surface area contributed by atoms with Crippen LogP contribution in [-0.2, 0) is 17.8 Å². The SMILES string of the molecule is Cc1ccccc1Cc1c(C(=O)NCCCN2CCCC2=O)c(=O)cc(C)n1Cc1ccccn1. The summed E-state index contributed by atoms with van der Waals surface area (Å²) in [7, 11) is 0. The van der Waals surface area contributed by atoms with Gasteiger partial charge in [-0.05, 0) is 49.9 Å². The van der Waals surface area contributed by atoms with Gasteiger partial charge in [0.05, 0.1) is 12.2 Å². The van der Waals surface area contributed by atoms with E-state index in [0.717, 1.165) is 35.5 Å². The molecule has 1 aliphatic rings. The van der Waals surface area contributed by atoms with Gasteiger partial charge in [-0.2, -0.15) is 0 Å². The number of hydrogen-bond acceptors (Lipinski definition) is 4. The normalized spacial score (nSPS) is 13.3. The summed E-state index contributed by atoms with van der Waals surface area (Å²) in [6.07, 6.45) is 4.35. The van der Waals surface area contributed by atoms with E-state index in [2.05, 4.69) is 10.3 Å². The number of benzene rings is 1. The van der Waals surface area contributed by atoms with Crippen LogP contribution in [0.3, 0.4) is 0 Å². The quantitative estimate of drug-likeness (QED) is 0.485. The Kier molecular flexibility index (Phi) is 7.75. The fourth-order valence-electron chi connectivity index (χ4n) is 4.62. The van der Waals surface area contributed by atoms with Crippen molar-refractivity contribution in [3.8, 4) is 0 Å². The third-order valence-electron chi connectivity index (χ3n) is 6.58. The number of carbonyl (C=O) groups is 2. The van der Waals surface area contributed by atoms with Crippen LogP contribution in [0.2, 0.25) is 0 Å². The van der Waals surface area contributed by atoms with Gasteiger partial charge in [0.25, 0.3) is 5.91 Å². The van der Waals surface area contributed by atoms with Crippen molar-refractivity contribution in [3.05, 3.63) is 98.7 Å². The van der Waals surface area contributed by atoms with Crippen molar-refractivity contribution in [2.75, 3.05) is 19.6 Å². The van der Waals surface area contributed by atoms with Crippen LogP contribution in [0.25, 0.3) is 0 Å². The Balaban J connectivity index is 1.63. The molecule has 3 heterocycles. The predicted octanol–water partition coefficient (Wildman–Crippen LogP) is 3.24. The van der Waals surface area contributed by atoms with E-state index in [1.807, 2.05) is 65.8 Å². The Labute approximate surface area is 205 Å². The summed E-state index contributed by atoms with van der Waals surface area (Å²) in [5.74, 6) is -0.200. The van der Waals surface area contributed by atoms with E-state index < -0.39 is 0 Å². The lowest BCUT2D eigenvalue weighted by Crippen LogP contribution is -2.35. The molecule has 1 aliphatic heterocycles. The first-order valence-corrected chi connectivity index (χ1v) is 12.2. The maximum absolute atomic E-state index is 13.3. The molecule has 2 amide bonds. The molecule has 1 fully saturated rings. The van der Waals surface area contributed by atoms with Gasteiger partial charge in [0.2, 0.25) is 5.91 Å². The number of aromatic nitrogens is 2. The smallest absolute Gasteiger partial charge is 0.257 e. The van der Waals surface area contributed by atoms with Gasteiger partial charge < -0.3 is 14.8 Å². The third kappa shape index (κ3) is 5.85. The highest BCUT2D eigenvalue weighted by molar-refractivity contribution is 5.95. The molecular formula is C28H32N4O3. The lowest BCUT2D eigenvalue weighted by molar-refractivity contribution is -0.127. The van der Waals surface area contributed by atoms with Gasteiger partial charge in [-0.25, -0.2) is 0 Å². The predicted molar refractivity (Wildman–Crippen MR) is 136 cm³/mol. The molecule has 1 aromatic carbocycles. The molecule has 35 heavy (non-hydrogen) atoms. The van der Waals surface area contributed by atoms with E-state index in [9.17, 15) is 14.4 Å². The minimum absolute atomic E-state index is 0.173. The molecular weight excluding hydrogens is 440 g/mol. The van der Waals surface area contributed by atoms with Gasteiger partial charge in [-0.1, -0.05) is 30.3 Å². The number of nitrogens with zero attached hydrogens (tertiary/aromatic N) is 3. The largest absolute Gasteiger partial charge is 0.352 e. The molecule has 0 spiro atoms. The second-order valence-electron chi connectivity index (χ2n) is 9.08. The Hall–Kier alpha value is -3.74. The van der Waals surface area contributed by atoms with Gasteiger partial charge in [0.15, 0.2) is 5.43 Å². The summed E-state index contributed by atoms with van der Waals surface area (Å²) in [4.78, 5) is 44.5. The van der Waals surface area contributed by atoms with Crippen LogP contribution in [0.4, 0.5) is 0 Å². The van der Waals surface area contributed by atoms with Crippen LogP contribution in [0.5, 0.6) is 0 Å². The van der Waals surface area contributed by atoms with E-state index >= 15 is 0 Å². The average molecular weight is 473 g/mol. The fourth-order valence-corrected chi connectivity index (χ4v) is 4.62. The van der Waals surface area contributed by atoms with Crippen LogP contribution in [0, 0.1) is 13.8 Å². The van der Waals surface area contributed by atoms with Crippen molar-refractivity contribution in [3.63, 3.8) is 0 Å². The van der Waals surface area contributed by atoms with Crippen molar-refractivity contribution < 1.29 is 9.59 Å². The first kappa shape index (κ1) is 24.4. The van der Waals surface area contributed by atoms with Crippen molar-refractivity contribution in [2.24, 2.45) is 0 Å². The number of amides is 2. The van der Waals surface area contributed by atoms with E-state index in [0.29, 0.717) is 44.6 Å². The Morgan fingerprint density at radius 2 is 1.89 bits per heavy atom. The zero-order valence-corrected chi connectivity index (χ0v) is 20.4. The molecule has 0 atom stereocenters. The molecule has 1 N–H and O–H groups in total. The number of likely N-dealkylation sites (tertiary alicyclic amines) is 1. The second-order valence-corrected chi connectivity index (χ2v) is 9.08. The van der Waals surface area contributed by atoms with Crippen LogP contribution in [-0.4, -0.2) is 45.9 Å². The molecule has 0 bridgehead atoms. The van der Waals surface area contributed by atoms with Gasteiger partial charge in [0, 0.05) is 56.1 Å². The number of aryl methyl sites for hydroxylation is 2. The number of rotatable bonds is 9. The molecule has 0 aliphatic carbocycles. The topological polar surface area (TPSA) is 84.3 Å². The zero-order valence-electron chi connectivity index (χ0n) is 20.4. The summed E-state index contributed by atoms with van der Waals surface area (Å²) in [6, 6.07) is 15.3. The Bertz CT molecular complexity index is 1270. The van der Waals surface area contributed by atoms with Gasteiger partial charge in [-0.3, -0.25) is 19.4 Å². The second kappa shape index (κ2) is 11.1. The monoisotopic (exact) mass is 472 g/mol. The number of pyridine rings is 2. The Morgan fingerprint density at radius 1 is 1.09 bits per heavy atom. The number of carbonyl (C=O) groups excluding carboxylic acids is 2. The van der Waals surface area contributed by atoms with Crippen LogP contribution in [0.1, 0.15) is 57.8 Å². The molecule has 0 unspecified atom stereocenters. The van der Waals surface area contributed by atoms with Gasteiger partial charge >= 0.3 is 0 Å². The molecule has 3 aromatic rings. The van der Waals surface area contributed by atoms with Crippen LogP contribution in [0.15, 0.2) is 59.5 Å². The van der Waals surface area contributed by atoms with E-state index in [4.69, 9.17) is 0 Å². The minimum Gasteiger partial charge on any atom is -0.352 e. The fraction of sp³-hybridized carbons (Fsp3) is 0.357. The average Bonchev–Trinajstić information content (AvgIpc) is 3.25. The highest BCUT2D eigenvalue weighted by Gasteiger charge is 2.22. The van der Waals surface area contributed by atoms with Crippen molar-refractivity contribution in [1.82, 2.24) is 19.8 Å². The maximum Gasteiger partial charge on any atom is 0.257 e. The first-order valence-electron chi connectivity index (χ1n) is 12.2. The Morgan fingerprint density at radius 3 is 2.60 bits per heavy atom. The van der Waals surface area contributed by atoms with Crippen LogP contribution >= 0.6 is 0 Å². The highest BCUT2D eigenvalue weighted by atomic mass is 16.2. The summed E-state index contributed by atoms with van der Waals surface area (Å²) in [6.45, 7) is 6.19. The molecule has 2 aromatic heterocycles. The maximum atomic E-state index is 13.3. The van der Waals surface area contributed by atoms with Crippen LogP contribution < -0.4 is 10.7 Å². The lowest BCUT2D eigenvalue weighted by atomic mass is 9.99. The van der Waals surface area contributed by atoms with Crippen molar-refractivity contribution >= 4 is 11.8 Å². The van der Waals surface area contributed by atoms with E-state index in [-0.39, 0.29) is 22.8 Å². The lowest BCUT2D eigenvalue weighted by Gasteiger charge is -2.21. The molecule has 7 heteroatoms. The molecule has 4 rings (SSSR count). The van der Waals surface area contributed by atoms with E-state index in [1.165, 1.54) is 6.07 Å². The van der Waals surface area contributed by atoms with Crippen molar-refractivity contribution in [1.29, 1.82) is 0 Å². The molecule has 182 valence electrons. The number of nitrogens with one attached hydrogen (secondary N) is 1. The summed E-state index contributed by atoms with van der Waals surface area (Å²) in [5, 5.41) is 2.92. The summed E-state index contributed by atoms with van der Waals surface area (Å²) in [5.41, 5.74) is 4.38. The molecule has 1 saturated heterocycles. The molecule has 7 nitrogen and oxygen atoms in total.